The fraction of sp³-hybridized carbons (Fsp3) is 0.556. The molecule has 0 aliphatic carbocycles. The van der Waals surface area contributed by atoms with E-state index in [2.05, 4.69) is 6.08 Å². The van der Waals surface area contributed by atoms with Crippen LogP contribution in [0.2, 0.25) is 0 Å². The number of hydrogen-bond donors (Lipinski definition) is 3. The lowest BCUT2D eigenvalue weighted by molar-refractivity contribution is 0.0431. The smallest absolute Gasteiger partial charge is 0.122 e. The van der Waals surface area contributed by atoms with E-state index in [4.69, 9.17) is 0 Å². The highest BCUT2D eigenvalue weighted by molar-refractivity contribution is 5.51. The van der Waals surface area contributed by atoms with E-state index in [1.165, 1.54) is 5.57 Å². The van der Waals surface area contributed by atoms with Gasteiger partial charge in [-0.05, 0) is 83.1 Å². The third-order valence-electron chi connectivity index (χ3n) is 4.09. The Morgan fingerprint density at radius 3 is 2.33 bits per heavy atom. The first-order valence-corrected chi connectivity index (χ1v) is 7.51. The molecule has 0 bridgehead atoms. The first kappa shape index (κ1) is 17.6. The molecular weight excluding hydrogens is 264 g/mol. The lowest BCUT2D eigenvalue weighted by Crippen LogP contribution is -2.24. The van der Waals surface area contributed by atoms with Crippen molar-refractivity contribution in [1.82, 2.24) is 0 Å². The number of phenols is 2. The van der Waals surface area contributed by atoms with Crippen molar-refractivity contribution >= 4 is 0 Å². The van der Waals surface area contributed by atoms with Crippen LogP contribution >= 0.6 is 0 Å². The third-order valence-corrected chi connectivity index (χ3v) is 4.09. The molecule has 0 aliphatic heterocycles. The number of hydrogen-bond acceptors (Lipinski definition) is 3. The van der Waals surface area contributed by atoms with Gasteiger partial charge in [0.25, 0.3) is 0 Å². The van der Waals surface area contributed by atoms with Crippen LogP contribution in [0.1, 0.15) is 56.7 Å². The monoisotopic (exact) mass is 292 g/mol. The molecule has 0 amide bonds. The maximum absolute atomic E-state index is 10.4. The van der Waals surface area contributed by atoms with E-state index in [0.29, 0.717) is 36.0 Å². The van der Waals surface area contributed by atoms with Crippen LogP contribution in [0.3, 0.4) is 0 Å². The Morgan fingerprint density at radius 2 is 1.76 bits per heavy atom. The van der Waals surface area contributed by atoms with Crippen molar-refractivity contribution in [1.29, 1.82) is 0 Å². The van der Waals surface area contributed by atoms with E-state index in [1.54, 1.807) is 19.9 Å². The lowest BCUT2D eigenvalue weighted by atomic mass is 9.90. The molecule has 0 unspecified atom stereocenters. The highest BCUT2D eigenvalue weighted by atomic mass is 16.3. The van der Waals surface area contributed by atoms with Crippen molar-refractivity contribution in [2.24, 2.45) is 0 Å². The summed E-state index contributed by atoms with van der Waals surface area (Å²) in [5.74, 6) is 0.426. The van der Waals surface area contributed by atoms with Gasteiger partial charge in [0.2, 0.25) is 0 Å². The van der Waals surface area contributed by atoms with Gasteiger partial charge in [0.1, 0.15) is 11.5 Å². The van der Waals surface area contributed by atoms with Crippen LogP contribution < -0.4 is 0 Å². The van der Waals surface area contributed by atoms with E-state index in [9.17, 15) is 15.3 Å². The van der Waals surface area contributed by atoms with Crippen LogP contribution in [0.5, 0.6) is 11.5 Å². The van der Waals surface area contributed by atoms with Crippen molar-refractivity contribution in [3.05, 3.63) is 34.4 Å². The molecule has 1 aromatic carbocycles. The summed E-state index contributed by atoms with van der Waals surface area (Å²) in [5.41, 5.74) is 2.58. The van der Waals surface area contributed by atoms with E-state index in [1.807, 2.05) is 20.8 Å². The summed E-state index contributed by atoms with van der Waals surface area (Å²) in [4.78, 5) is 0. The van der Waals surface area contributed by atoms with E-state index in [0.717, 1.165) is 6.42 Å². The van der Waals surface area contributed by atoms with Gasteiger partial charge in [0, 0.05) is 0 Å². The highest BCUT2D eigenvalue weighted by Gasteiger charge is 2.21. The summed E-state index contributed by atoms with van der Waals surface area (Å²) < 4.78 is 0. The van der Waals surface area contributed by atoms with Gasteiger partial charge in [-0.3, -0.25) is 0 Å². The Labute approximate surface area is 128 Å². The fourth-order valence-electron chi connectivity index (χ4n) is 2.34. The summed E-state index contributed by atoms with van der Waals surface area (Å²) >= 11 is 0. The summed E-state index contributed by atoms with van der Waals surface area (Å²) in [7, 11) is 0. The zero-order chi connectivity index (χ0) is 16.2. The van der Waals surface area contributed by atoms with Crippen LogP contribution in [-0.4, -0.2) is 20.9 Å². The van der Waals surface area contributed by atoms with E-state index < -0.39 is 5.60 Å². The minimum Gasteiger partial charge on any atom is -0.508 e. The molecule has 1 rings (SSSR count). The average Bonchev–Trinajstić information content (AvgIpc) is 2.38. The predicted molar refractivity (Wildman–Crippen MR) is 86.9 cm³/mol. The van der Waals surface area contributed by atoms with Crippen LogP contribution in [-0.2, 0) is 6.42 Å². The molecule has 0 saturated heterocycles. The number of aryl methyl sites for hydroxylation is 1. The third kappa shape index (κ3) is 5.09. The Kier molecular flexibility index (Phi) is 5.85. The molecule has 0 fully saturated rings. The van der Waals surface area contributed by atoms with Crippen LogP contribution in [0, 0.1) is 13.8 Å². The second kappa shape index (κ2) is 6.99. The topological polar surface area (TPSA) is 60.7 Å². The molecule has 0 aliphatic rings. The standard InChI is InChI=1S/C18H28O3/c1-12(2)7-6-9-18(5,21)10-8-15-11-16(19)13(3)14(4)17(15)20/h7,11,19-21H,6,8-10H2,1-5H3/t18-/m1/s1. The van der Waals surface area contributed by atoms with Gasteiger partial charge in [0.15, 0.2) is 0 Å². The fourth-order valence-corrected chi connectivity index (χ4v) is 2.34. The maximum atomic E-state index is 10.4. The molecule has 21 heavy (non-hydrogen) atoms. The molecule has 1 aromatic rings. The summed E-state index contributed by atoms with van der Waals surface area (Å²) in [6.45, 7) is 9.49. The van der Waals surface area contributed by atoms with Crippen molar-refractivity contribution in [2.75, 3.05) is 0 Å². The Bertz CT molecular complexity index is 524. The number of rotatable bonds is 6. The molecule has 3 nitrogen and oxygen atoms in total. The minimum absolute atomic E-state index is 0.199. The first-order valence-electron chi connectivity index (χ1n) is 7.51. The molecule has 1 atom stereocenters. The van der Waals surface area contributed by atoms with Crippen molar-refractivity contribution < 1.29 is 15.3 Å². The maximum Gasteiger partial charge on any atom is 0.122 e. The van der Waals surface area contributed by atoms with Crippen molar-refractivity contribution in [3.63, 3.8) is 0 Å². The molecule has 3 heteroatoms. The number of aromatic hydroxyl groups is 2. The first-order chi connectivity index (χ1) is 9.64. The SMILES string of the molecule is CC(C)=CCC[C@@](C)(O)CCc1cc(O)c(C)c(C)c1O. The van der Waals surface area contributed by atoms with Gasteiger partial charge in [-0.25, -0.2) is 0 Å². The van der Waals surface area contributed by atoms with Crippen molar-refractivity contribution in [2.45, 2.75) is 65.9 Å². The molecule has 0 spiro atoms. The van der Waals surface area contributed by atoms with Gasteiger partial charge >= 0.3 is 0 Å². The largest absolute Gasteiger partial charge is 0.508 e. The van der Waals surface area contributed by atoms with Crippen molar-refractivity contribution in [3.8, 4) is 11.5 Å². The second-order valence-electron chi connectivity index (χ2n) is 6.47. The summed E-state index contributed by atoms with van der Waals surface area (Å²) in [6, 6.07) is 1.60. The van der Waals surface area contributed by atoms with Crippen LogP contribution in [0.25, 0.3) is 0 Å². The Hall–Kier alpha value is -1.48. The van der Waals surface area contributed by atoms with E-state index >= 15 is 0 Å². The van der Waals surface area contributed by atoms with Gasteiger partial charge < -0.3 is 15.3 Å². The Morgan fingerprint density at radius 1 is 1.14 bits per heavy atom. The predicted octanol–water partition coefficient (Wildman–Crippen LogP) is 4.14. The molecule has 0 heterocycles. The van der Waals surface area contributed by atoms with Crippen LogP contribution in [0.15, 0.2) is 17.7 Å². The summed E-state index contributed by atoms with van der Waals surface area (Å²) in [6.07, 6.45) is 4.75. The molecule has 0 saturated carbocycles. The van der Waals surface area contributed by atoms with Gasteiger partial charge in [-0.2, -0.15) is 0 Å². The van der Waals surface area contributed by atoms with E-state index in [-0.39, 0.29) is 11.5 Å². The molecular formula is C18H28O3. The number of phenolic OH excluding ortho intramolecular Hbond substituents is 2. The van der Waals surface area contributed by atoms with Gasteiger partial charge in [-0.1, -0.05) is 11.6 Å². The molecule has 0 radical (unpaired) electrons. The minimum atomic E-state index is -0.771. The normalized spacial score (nSPS) is 13.8. The number of allylic oxidation sites excluding steroid dienone is 2. The molecule has 0 aromatic heterocycles. The lowest BCUT2D eigenvalue weighted by Gasteiger charge is -2.23. The van der Waals surface area contributed by atoms with Gasteiger partial charge in [0.05, 0.1) is 5.60 Å². The van der Waals surface area contributed by atoms with Crippen LogP contribution in [0.4, 0.5) is 0 Å². The highest BCUT2D eigenvalue weighted by Crippen LogP contribution is 2.33. The molecule has 3 N–H and O–H groups in total. The number of benzene rings is 1. The molecule has 118 valence electrons. The quantitative estimate of drug-likeness (QED) is 0.545. The zero-order valence-electron chi connectivity index (χ0n) is 13.8. The van der Waals surface area contributed by atoms with Gasteiger partial charge in [-0.15, -0.1) is 0 Å². The number of aliphatic hydroxyl groups is 1. The Balaban J connectivity index is 2.73. The zero-order valence-corrected chi connectivity index (χ0v) is 13.8. The second-order valence-corrected chi connectivity index (χ2v) is 6.47. The summed E-state index contributed by atoms with van der Waals surface area (Å²) in [5, 5.41) is 30.4. The average molecular weight is 292 g/mol.